The summed E-state index contributed by atoms with van der Waals surface area (Å²) in [6.07, 6.45) is -8.47. The number of ether oxygens (including phenoxy) is 3. The number of nitrogen functional groups attached to an aromatic ring is 2. The second kappa shape index (κ2) is 26.2. The van der Waals surface area contributed by atoms with Gasteiger partial charge in [0.1, 0.15) is 55.4 Å². The first kappa shape index (κ1) is 62.2. The molecule has 29 heteroatoms. The molecule has 2 aliphatic heterocycles. The Labute approximate surface area is 411 Å². The van der Waals surface area contributed by atoms with E-state index in [1.165, 1.54) is 0 Å². The monoisotopic (exact) mass is 1070 g/mol. The van der Waals surface area contributed by atoms with Crippen LogP contribution in [0.2, 0.25) is 78.6 Å². The van der Waals surface area contributed by atoms with E-state index in [-0.39, 0.29) is 48.3 Å². The third kappa shape index (κ3) is 21.1. The number of hydrogen-bond acceptors (Lipinski definition) is 19. The zero-order valence-electron chi connectivity index (χ0n) is 42.6. The molecule has 2 unspecified atom stereocenters. The minimum absolute atomic E-state index is 0.123. The molecule has 2 aliphatic rings. The van der Waals surface area contributed by atoms with E-state index >= 15 is 0 Å². The average molecular weight is 1070 g/mol. The zero-order valence-corrected chi connectivity index (χ0v) is 46.6. The molecule has 70 heavy (non-hydrogen) atoms. The number of halogens is 3. The summed E-state index contributed by atoms with van der Waals surface area (Å²) in [6.45, 7) is 28.6. The number of nitrogens with one attached hydrogen (secondary N) is 2. The van der Waals surface area contributed by atoms with Crippen molar-refractivity contribution >= 4 is 62.9 Å². The molecule has 400 valence electrons. The van der Waals surface area contributed by atoms with Gasteiger partial charge in [-0.3, -0.25) is 19.2 Å². The van der Waals surface area contributed by atoms with E-state index in [0.29, 0.717) is 25.5 Å². The highest BCUT2D eigenvalue weighted by atomic mass is 28.4. The number of anilines is 2. The first-order valence-electron chi connectivity index (χ1n) is 22.7. The highest BCUT2D eigenvalue weighted by Crippen LogP contribution is 2.43. The summed E-state index contributed by atoms with van der Waals surface area (Å²) in [5.41, 5.74) is 11.2. The van der Waals surface area contributed by atoms with Crippen LogP contribution in [0.3, 0.4) is 0 Å². The predicted octanol–water partition coefficient (Wildman–Crippen LogP) is 2.74. The zero-order chi connectivity index (χ0) is 53.7. The van der Waals surface area contributed by atoms with Crippen LogP contribution in [0.4, 0.5) is 25.1 Å². The summed E-state index contributed by atoms with van der Waals surface area (Å²) in [6, 6.07) is 0. The van der Waals surface area contributed by atoms with Crippen molar-refractivity contribution in [2.24, 2.45) is 0 Å². The van der Waals surface area contributed by atoms with Gasteiger partial charge in [-0.05, 0) is 85.5 Å². The van der Waals surface area contributed by atoms with Crippen LogP contribution < -0.4 is 32.1 Å². The van der Waals surface area contributed by atoms with Gasteiger partial charge < -0.3 is 73.9 Å². The van der Waals surface area contributed by atoms with Crippen LogP contribution in [0.5, 0.6) is 5.88 Å². The molecule has 0 bridgehead atoms. The SMILES string of the molecule is CCOC(=O)CC.C[Si](C)(C)OC[C@H]1O[C@@H](c2cnc(N)nc2O[Si](C)(C)C)C(O[Si](C)(C)C)[C@H]1O[Si](C)(C)C.Nc1nc(=O)c([C@@H]2O[C@H](CO)[C@H](O)C2O)cn1CC(=O)NCCNC(=O)C(F)(F)F. The van der Waals surface area contributed by atoms with Crippen LogP contribution in [0.25, 0.3) is 0 Å². The van der Waals surface area contributed by atoms with E-state index in [0.717, 1.165) is 16.3 Å². The molecule has 2 aromatic heterocycles. The number of nitrogens with two attached hydrogens (primary N) is 2. The summed E-state index contributed by atoms with van der Waals surface area (Å²) < 4.78 is 79.7. The van der Waals surface area contributed by atoms with Crippen LogP contribution in [0.1, 0.15) is 43.6 Å². The van der Waals surface area contributed by atoms with E-state index in [2.05, 4.69) is 104 Å². The van der Waals surface area contributed by atoms with Gasteiger partial charge in [0, 0.05) is 31.9 Å². The Bertz CT molecular complexity index is 2090. The number of aliphatic hydroxyl groups excluding tert-OH is 3. The molecule has 2 amide bonds. The topological polar surface area (TPSA) is 313 Å². The van der Waals surface area contributed by atoms with E-state index in [1.807, 2.05) is 0 Å². The molecule has 4 rings (SSSR count). The van der Waals surface area contributed by atoms with Crippen molar-refractivity contribution in [2.45, 2.75) is 160 Å². The molecule has 2 saturated heterocycles. The van der Waals surface area contributed by atoms with Gasteiger partial charge in [-0.25, -0.2) is 4.98 Å². The maximum atomic E-state index is 12.1. The Morgan fingerprint density at radius 2 is 1.37 bits per heavy atom. The normalized spacial score (nSPS) is 22.8. The molecule has 0 radical (unpaired) electrons. The second-order valence-electron chi connectivity index (χ2n) is 20.1. The maximum absolute atomic E-state index is 12.1. The second-order valence-corrected chi connectivity index (χ2v) is 38.0. The molecule has 0 aromatic carbocycles. The molecule has 8 atom stereocenters. The number of alkyl halides is 3. The summed E-state index contributed by atoms with van der Waals surface area (Å²) in [4.78, 5) is 57.1. The van der Waals surface area contributed by atoms with Gasteiger partial charge in [-0.1, -0.05) is 6.92 Å². The van der Waals surface area contributed by atoms with Crippen LogP contribution in [-0.4, -0.2) is 162 Å². The van der Waals surface area contributed by atoms with Crippen LogP contribution in [-0.2, 0) is 48.4 Å². The molecule has 0 spiro atoms. The van der Waals surface area contributed by atoms with Gasteiger partial charge in [-0.2, -0.15) is 23.1 Å². The summed E-state index contributed by atoms with van der Waals surface area (Å²) >= 11 is 0. The molecule has 9 N–H and O–H groups in total. The fourth-order valence-electron chi connectivity index (χ4n) is 6.44. The maximum Gasteiger partial charge on any atom is 0.471 e. The standard InChI is InChI=1S/C21H45N3O5Si4.C15H20F3N5O7.C5H10O2/c1-30(2,3)25-14-16-18(27-31(4,5)6)19(28-32(7,8)9)17(26-16)15-13-23-21(22)24-20(15)29-33(10,11)12;16-15(17,18)13(29)21-2-1-20-8(25)4-23-3-6(12(28)22-14(23)19)11-10(27)9(26)7(5-24)30-11;1-3-5(6)7-4-2/h13,16-19H,14H2,1-12H3,(H2,22,23,24);3,7,9-11,24,26-27H,1-2,4-5H2,(H,20,25)(H,21,29)(H2,19,22,28);3-4H2,1-2H3/t16-,17+,18+,19?;7-,9+,10?,11+;/m11./s1. The number of esters is 1. The third-order valence-corrected chi connectivity index (χ3v) is 13.1. The van der Waals surface area contributed by atoms with Crippen molar-refractivity contribution in [3.8, 4) is 5.88 Å². The van der Waals surface area contributed by atoms with Gasteiger partial charge in [0.25, 0.3) is 5.56 Å². The van der Waals surface area contributed by atoms with Gasteiger partial charge in [0.2, 0.25) is 32.0 Å². The van der Waals surface area contributed by atoms with E-state index in [4.69, 9.17) is 43.8 Å². The Kier molecular flexibility index (Phi) is 23.3. The van der Waals surface area contributed by atoms with Crippen molar-refractivity contribution in [1.82, 2.24) is 30.2 Å². The summed E-state index contributed by atoms with van der Waals surface area (Å²) in [5.74, 6) is -2.69. The third-order valence-electron chi connectivity index (χ3n) is 9.28. The minimum atomic E-state index is -5.04. The fraction of sp³-hybridized carbons (Fsp3) is 0.732. The molecule has 2 aromatic rings. The summed E-state index contributed by atoms with van der Waals surface area (Å²) in [5, 5.41) is 32.8. The van der Waals surface area contributed by atoms with E-state index < -0.39 is 107 Å². The number of amides is 2. The Morgan fingerprint density at radius 3 is 1.86 bits per heavy atom. The number of aliphatic hydroxyl groups is 3. The molecule has 0 saturated carbocycles. The summed E-state index contributed by atoms with van der Waals surface area (Å²) in [7, 11) is -7.58. The molecule has 4 heterocycles. The lowest BCUT2D eigenvalue weighted by atomic mass is 10.0. The lowest BCUT2D eigenvalue weighted by Crippen LogP contribution is -2.48. The Hall–Kier alpha value is -3.89. The van der Waals surface area contributed by atoms with Gasteiger partial charge in [-0.15, -0.1) is 0 Å². The predicted molar refractivity (Wildman–Crippen MR) is 262 cm³/mol. The molecular formula is C41H75F3N8O14Si4. The number of hydrogen-bond donors (Lipinski definition) is 7. The number of rotatable bonds is 19. The molecular weight excluding hydrogens is 998 g/mol. The first-order valence-corrected chi connectivity index (χ1v) is 36.4. The lowest BCUT2D eigenvalue weighted by Gasteiger charge is -2.35. The Balaban J connectivity index is 0.000000423. The van der Waals surface area contributed by atoms with Crippen LogP contribution >= 0.6 is 0 Å². The minimum Gasteiger partial charge on any atom is -0.531 e. The largest absolute Gasteiger partial charge is 0.531 e. The quantitative estimate of drug-likeness (QED) is 0.0604. The molecule has 22 nitrogen and oxygen atoms in total. The van der Waals surface area contributed by atoms with Crippen molar-refractivity contribution in [1.29, 1.82) is 0 Å². The van der Waals surface area contributed by atoms with Crippen molar-refractivity contribution in [3.63, 3.8) is 0 Å². The fourth-order valence-corrected chi connectivity index (χ4v) is 10.0. The van der Waals surface area contributed by atoms with Crippen LogP contribution in [0.15, 0.2) is 17.2 Å². The van der Waals surface area contributed by atoms with E-state index in [9.17, 15) is 42.6 Å². The van der Waals surface area contributed by atoms with Crippen molar-refractivity contribution < 1.29 is 74.8 Å². The lowest BCUT2D eigenvalue weighted by molar-refractivity contribution is -0.173. The highest BCUT2D eigenvalue weighted by Gasteiger charge is 2.51. The highest BCUT2D eigenvalue weighted by molar-refractivity contribution is 6.71. The average Bonchev–Trinajstić information content (AvgIpc) is 3.68. The molecule has 2 fully saturated rings. The smallest absolute Gasteiger partial charge is 0.471 e. The van der Waals surface area contributed by atoms with Gasteiger partial charge in [0.05, 0.1) is 30.9 Å². The van der Waals surface area contributed by atoms with E-state index in [1.54, 1.807) is 25.4 Å². The number of aromatic nitrogens is 4. The number of nitrogens with zero attached hydrogens (tertiary/aromatic N) is 4. The van der Waals surface area contributed by atoms with Gasteiger partial charge in [0.15, 0.2) is 25.0 Å². The first-order chi connectivity index (χ1) is 32.0. The number of carbonyl (C=O) groups is 3. The Morgan fingerprint density at radius 1 is 0.800 bits per heavy atom. The van der Waals surface area contributed by atoms with Crippen molar-refractivity contribution in [2.75, 3.05) is 44.4 Å². The van der Waals surface area contributed by atoms with Gasteiger partial charge >= 0.3 is 18.1 Å². The molecule has 0 aliphatic carbocycles. The van der Waals surface area contributed by atoms with Crippen molar-refractivity contribution in [3.05, 3.63) is 33.9 Å². The van der Waals surface area contributed by atoms with Crippen LogP contribution in [0, 0.1) is 0 Å². The number of carbonyl (C=O) groups excluding carboxylic acids is 3.